The van der Waals surface area contributed by atoms with Crippen molar-refractivity contribution in [1.29, 1.82) is 0 Å². The fourth-order valence-corrected chi connectivity index (χ4v) is 4.06. The number of ether oxygens (including phenoxy) is 3. The lowest BCUT2D eigenvalue weighted by atomic mass is 9.99. The van der Waals surface area contributed by atoms with Crippen molar-refractivity contribution in [2.45, 2.75) is 17.8 Å². The smallest absolute Gasteiger partial charge is 0.343 e. The number of nitrogens with zero attached hydrogens (tertiary/aromatic N) is 2. The van der Waals surface area contributed by atoms with Crippen LogP contribution in [0.1, 0.15) is 27.6 Å². The molecule has 0 spiro atoms. The molecule has 0 amide bonds. The monoisotopic (exact) mass is 362 g/mol. The molecule has 2 aliphatic heterocycles. The highest BCUT2D eigenvalue weighted by atomic mass is 32.2. The summed E-state index contributed by atoms with van der Waals surface area (Å²) in [5, 5.41) is 10.7. The summed E-state index contributed by atoms with van der Waals surface area (Å²) in [4.78, 5) is 29.2. The van der Waals surface area contributed by atoms with Gasteiger partial charge in [-0.3, -0.25) is 9.36 Å². The van der Waals surface area contributed by atoms with E-state index in [2.05, 4.69) is 4.98 Å². The third kappa shape index (κ3) is 2.19. The Morgan fingerprint density at radius 3 is 2.84 bits per heavy atom. The first-order valence-electron chi connectivity index (χ1n) is 7.49. The highest BCUT2D eigenvalue weighted by Gasteiger charge is 2.40. The van der Waals surface area contributed by atoms with Crippen LogP contribution in [0.4, 0.5) is 0 Å². The average Bonchev–Trinajstić information content (AvgIpc) is 3.19. The van der Waals surface area contributed by atoms with Gasteiger partial charge in [0.1, 0.15) is 11.1 Å². The number of carbonyl (C=O) groups is 1. The molecule has 0 saturated heterocycles. The first-order valence-corrected chi connectivity index (χ1v) is 8.47. The van der Waals surface area contributed by atoms with Crippen molar-refractivity contribution in [3.63, 3.8) is 0 Å². The number of hydrogen-bond donors (Lipinski definition) is 1. The van der Waals surface area contributed by atoms with Crippen molar-refractivity contribution in [3.8, 4) is 17.4 Å². The standard InChI is InChI=1S/C16H14N2O6S/c1-22-8-4-3-7-9(12(8)23-2)15(21)24-11(7)10-13(19)17-16-18(14(10)20)5-6-25-16/h3-4,11,19H,5-6H2,1-2H3. The number of cyclic esters (lactones) is 1. The van der Waals surface area contributed by atoms with E-state index in [0.717, 1.165) is 0 Å². The van der Waals surface area contributed by atoms with E-state index < -0.39 is 23.5 Å². The molecular formula is C16H14N2O6S. The number of rotatable bonds is 3. The van der Waals surface area contributed by atoms with Crippen LogP contribution < -0.4 is 15.0 Å². The molecule has 1 aromatic heterocycles. The van der Waals surface area contributed by atoms with Crippen LogP contribution >= 0.6 is 11.8 Å². The third-order valence-corrected chi connectivity index (χ3v) is 5.20. The summed E-state index contributed by atoms with van der Waals surface area (Å²) >= 11 is 1.39. The topological polar surface area (TPSA) is 99.9 Å². The van der Waals surface area contributed by atoms with E-state index in [1.165, 1.54) is 30.5 Å². The Morgan fingerprint density at radius 2 is 2.12 bits per heavy atom. The highest BCUT2D eigenvalue weighted by Crippen LogP contribution is 2.45. The molecule has 130 valence electrons. The van der Waals surface area contributed by atoms with Crippen LogP contribution in [0.15, 0.2) is 22.1 Å². The quantitative estimate of drug-likeness (QED) is 0.645. The number of benzene rings is 1. The first kappa shape index (κ1) is 15.8. The molecular weight excluding hydrogens is 348 g/mol. The lowest BCUT2D eigenvalue weighted by Crippen LogP contribution is -2.26. The van der Waals surface area contributed by atoms with Crippen LogP contribution in [0.3, 0.4) is 0 Å². The van der Waals surface area contributed by atoms with Crippen molar-refractivity contribution >= 4 is 17.7 Å². The number of thioether (sulfide) groups is 1. The van der Waals surface area contributed by atoms with Gasteiger partial charge in [0.15, 0.2) is 22.8 Å². The van der Waals surface area contributed by atoms with Crippen LogP contribution in [0.25, 0.3) is 0 Å². The second kappa shape index (κ2) is 5.69. The Morgan fingerprint density at radius 1 is 1.32 bits per heavy atom. The van der Waals surface area contributed by atoms with E-state index in [-0.39, 0.29) is 16.9 Å². The van der Waals surface area contributed by atoms with Crippen molar-refractivity contribution < 1.29 is 24.1 Å². The van der Waals surface area contributed by atoms with Gasteiger partial charge in [0.2, 0.25) is 5.88 Å². The summed E-state index contributed by atoms with van der Waals surface area (Å²) in [6, 6.07) is 3.25. The number of esters is 1. The number of aromatic nitrogens is 2. The molecule has 1 atom stereocenters. The number of methoxy groups -OCH3 is 2. The summed E-state index contributed by atoms with van der Waals surface area (Å²) in [6.45, 7) is 0.499. The Kier molecular flexibility index (Phi) is 3.60. The molecule has 0 radical (unpaired) electrons. The molecule has 2 aliphatic rings. The fraction of sp³-hybridized carbons (Fsp3) is 0.312. The maximum Gasteiger partial charge on any atom is 0.343 e. The molecule has 2 aromatic rings. The van der Waals surface area contributed by atoms with E-state index in [9.17, 15) is 14.7 Å². The molecule has 25 heavy (non-hydrogen) atoms. The minimum absolute atomic E-state index is 0.0504. The predicted molar refractivity (Wildman–Crippen MR) is 87.7 cm³/mol. The molecule has 8 nitrogen and oxygen atoms in total. The Balaban J connectivity index is 1.92. The van der Waals surface area contributed by atoms with Crippen molar-refractivity contribution in [2.24, 2.45) is 0 Å². The van der Waals surface area contributed by atoms with E-state index in [1.807, 2.05) is 0 Å². The van der Waals surface area contributed by atoms with E-state index in [4.69, 9.17) is 14.2 Å². The normalized spacial score (nSPS) is 17.8. The van der Waals surface area contributed by atoms with Gasteiger partial charge in [0.25, 0.3) is 5.56 Å². The second-order valence-electron chi connectivity index (χ2n) is 5.49. The zero-order valence-electron chi connectivity index (χ0n) is 13.4. The summed E-state index contributed by atoms with van der Waals surface area (Å²) in [5.74, 6) is 0.248. The lowest BCUT2D eigenvalue weighted by Gasteiger charge is -2.14. The number of carbonyl (C=O) groups excluding carboxylic acids is 1. The maximum atomic E-state index is 12.8. The average molecular weight is 362 g/mol. The minimum atomic E-state index is -1.04. The largest absolute Gasteiger partial charge is 0.493 e. The van der Waals surface area contributed by atoms with E-state index >= 15 is 0 Å². The first-order chi connectivity index (χ1) is 12.1. The maximum absolute atomic E-state index is 12.8. The van der Waals surface area contributed by atoms with Crippen LogP contribution in [0, 0.1) is 0 Å². The zero-order chi connectivity index (χ0) is 17.7. The van der Waals surface area contributed by atoms with E-state index in [0.29, 0.717) is 28.8 Å². The van der Waals surface area contributed by atoms with Crippen LogP contribution in [-0.2, 0) is 11.3 Å². The van der Waals surface area contributed by atoms with Crippen molar-refractivity contribution in [3.05, 3.63) is 39.2 Å². The van der Waals surface area contributed by atoms with Gasteiger partial charge in [-0.25, -0.2) is 4.79 Å². The van der Waals surface area contributed by atoms with Gasteiger partial charge in [-0.1, -0.05) is 17.8 Å². The summed E-state index contributed by atoms with van der Waals surface area (Å²) in [7, 11) is 2.88. The van der Waals surface area contributed by atoms with Crippen LogP contribution in [-0.4, -0.2) is 40.6 Å². The molecule has 0 bridgehead atoms. The number of aromatic hydroxyl groups is 1. The molecule has 0 aliphatic carbocycles. The van der Waals surface area contributed by atoms with Gasteiger partial charge in [0, 0.05) is 17.9 Å². The molecule has 1 N–H and O–H groups in total. The molecule has 1 unspecified atom stereocenters. The minimum Gasteiger partial charge on any atom is -0.493 e. The Hall–Kier alpha value is -2.68. The number of fused-ring (bicyclic) bond motifs is 2. The predicted octanol–water partition coefficient (Wildman–Crippen LogP) is 1.33. The van der Waals surface area contributed by atoms with Crippen molar-refractivity contribution in [1.82, 2.24) is 9.55 Å². The van der Waals surface area contributed by atoms with E-state index in [1.54, 1.807) is 12.1 Å². The Labute approximate surface area is 146 Å². The Bertz CT molecular complexity index is 955. The molecule has 9 heteroatoms. The molecule has 4 rings (SSSR count). The van der Waals surface area contributed by atoms with Gasteiger partial charge >= 0.3 is 5.97 Å². The highest BCUT2D eigenvalue weighted by molar-refractivity contribution is 7.99. The van der Waals surface area contributed by atoms with Gasteiger partial charge in [-0.15, -0.1) is 0 Å². The SMILES string of the molecule is COc1ccc2c(c1OC)C(=O)OC2c1c(O)nc2n(c1=O)CCS2. The van der Waals surface area contributed by atoms with Crippen LogP contribution in [0.5, 0.6) is 17.4 Å². The molecule has 0 saturated carbocycles. The molecule has 3 heterocycles. The summed E-state index contributed by atoms with van der Waals surface area (Å²) in [5.41, 5.74) is 0.159. The summed E-state index contributed by atoms with van der Waals surface area (Å²) < 4.78 is 17.3. The number of hydrogen-bond acceptors (Lipinski definition) is 8. The van der Waals surface area contributed by atoms with Crippen LogP contribution in [0.2, 0.25) is 0 Å². The van der Waals surface area contributed by atoms with Crippen molar-refractivity contribution in [2.75, 3.05) is 20.0 Å². The molecule has 1 aromatic carbocycles. The molecule has 0 fully saturated rings. The van der Waals surface area contributed by atoms with Gasteiger partial charge in [0.05, 0.1) is 14.2 Å². The van der Waals surface area contributed by atoms with Gasteiger partial charge < -0.3 is 19.3 Å². The fourth-order valence-electron chi connectivity index (χ4n) is 3.12. The second-order valence-corrected chi connectivity index (χ2v) is 6.55. The third-order valence-electron chi connectivity index (χ3n) is 4.25. The zero-order valence-corrected chi connectivity index (χ0v) is 14.3. The van der Waals surface area contributed by atoms with Gasteiger partial charge in [-0.2, -0.15) is 4.98 Å². The summed E-state index contributed by atoms with van der Waals surface area (Å²) in [6.07, 6.45) is -1.04. The van der Waals surface area contributed by atoms with Gasteiger partial charge in [-0.05, 0) is 6.07 Å². The lowest BCUT2D eigenvalue weighted by molar-refractivity contribution is 0.0446.